The molecule has 1 fully saturated rings. The summed E-state index contributed by atoms with van der Waals surface area (Å²) in [5.41, 5.74) is 5.75. The average Bonchev–Trinajstić information content (AvgIpc) is 2.17. The molecule has 88 valence electrons. The van der Waals surface area contributed by atoms with Crippen molar-refractivity contribution in [1.82, 2.24) is 5.32 Å². The minimum absolute atomic E-state index is 0.0195. The molecule has 3 unspecified atom stereocenters. The third kappa shape index (κ3) is 4.65. The van der Waals surface area contributed by atoms with Gasteiger partial charge in [0.25, 0.3) is 0 Å². The topological polar surface area (TPSA) is 55.1 Å². The molecule has 0 bridgehead atoms. The molecule has 0 aromatic rings. The number of amides is 1. The highest BCUT2D eigenvalue weighted by molar-refractivity contribution is 5.76. The summed E-state index contributed by atoms with van der Waals surface area (Å²) >= 11 is 0. The van der Waals surface area contributed by atoms with E-state index in [4.69, 9.17) is 5.73 Å². The number of carbonyl (C=O) groups excluding carboxylic acids is 1. The Morgan fingerprint density at radius 1 is 1.53 bits per heavy atom. The highest BCUT2D eigenvalue weighted by Crippen LogP contribution is 2.23. The van der Waals surface area contributed by atoms with Gasteiger partial charge in [-0.1, -0.05) is 26.7 Å². The summed E-state index contributed by atoms with van der Waals surface area (Å²) in [5.74, 6) is 0.882. The fraction of sp³-hybridized carbons (Fsp3) is 0.917. The minimum Gasteiger partial charge on any atom is -0.353 e. The number of nitrogens with one attached hydrogen (secondary N) is 1. The van der Waals surface area contributed by atoms with E-state index < -0.39 is 0 Å². The van der Waals surface area contributed by atoms with Gasteiger partial charge in [-0.2, -0.15) is 0 Å². The zero-order valence-corrected chi connectivity index (χ0v) is 9.96. The SMILES string of the molecule is CCC(N)CC(=O)NC1CCCC(C)C1. The summed E-state index contributed by atoms with van der Waals surface area (Å²) in [7, 11) is 0. The lowest BCUT2D eigenvalue weighted by molar-refractivity contribution is -0.122. The Hall–Kier alpha value is -0.570. The minimum atomic E-state index is 0.0195. The number of hydrogen-bond acceptors (Lipinski definition) is 2. The molecule has 0 aliphatic heterocycles. The maximum atomic E-state index is 11.6. The smallest absolute Gasteiger partial charge is 0.221 e. The van der Waals surface area contributed by atoms with Gasteiger partial charge in [-0.05, 0) is 25.2 Å². The molecule has 0 aromatic carbocycles. The highest BCUT2D eigenvalue weighted by Gasteiger charge is 2.20. The van der Waals surface area contributed by atoms with Crippen molar-refractivity contribution in [2.24, 2.45) is 11.7 Å². The van der Waals surface area contributed by atoms with Gasteiger partial charge in [0.2, 0.25) is 5.91 Å². The van der Waals surface area contributed by atoms with E-state index in [1.165, 1.54) is 12.8 Å². The second-order valence-corrected chi connectivity index (χ2v) is 4.91. The van der Waals surface area contributed by atoms with Crippen LogP contribution in [0.1, 0.15) is 52.4 Å². The summed E-state index contributed by atoms with van der Waals surface area (Å²) < 4.78 is 0. The van der Waals surface area contributed by atoms with Crippen LogP contribution in [-0.4, -0.2) is 18.0 Å². The van der Waals surface area contributed by atoms with E-state index in [-0.39, 0.29) is 11.9 Å². The van der Waals surface area contributed by atoms with E-state index in [2.05, 4.69) is 12.2 Å². The van der Waals surface area contributed by atoms with Gasteiger partial charge in [0.1, 0.15) is 0 Å². The van der Waals surface area contributed by atoms with Crippen LogP contribution in [0.25, 0.3) is 0 Å². The molecule has 3 N–H and O–H groups in total. The Bertz CT molecular complexity index is 206. The summed E-state index contributed by atoms with van der Waals surface area (Å²) in [5, 5.41) is 3.10. The molecule has 0 radical (unpaired) electrons. The molecule has 0 saturated heterocycles. The largest absolute Gasteiger partial charge is 0.353 e. The van der Waals surface area contributed by atoms with Gasteiger partial charge in [-0.25, -0.2) is 0 Å². The lowest BCUT2D eigenvalue weighted by Crippen LogP contribution is -2.40. The van der Waals surface area contributed by atoms with Gasteiger partial charge in [-0.3, -0.25) is 4.79 Å². The standard InChI is InChI=1S/C12H24N2O/c1-3-10(13)8-12(15)14-11-6-4-5-9(2)7-11/h9-11H,3-8,13H2,1-2H3,(H,14,15). The fourth-order valence-electron chi connectivity index (χ4n) is 2.23. The van der Waals surface area contributed by atoms with Crippen molar-refractivity contribution >= 4 is 5.91 Å². The predicted octanol–water partition coefficient (Wildman–Crippen LogP) is 1.81. The van der Waals surface area contributed by atoms with Crippen LogP contribution >= 0.6 is 0 Å². The van der Waals surface area contributed by atoms with Gasteiger partial charge in [0.05, 0.1) is 0 Å². The monoisotopic (exact) mass is 212 g/mol. The van der Waals surface area contributed by atoms with Gasteiger partial charge in [0, 0.05) is 18.5 Å². The Kier molecular flexibility index (Phi) is 5.09. The first kappa shape index (κ1) is 12.5. The molecule has 3 nitrogen and oxygen atoms in total. The van der Waals surface area contributed by atoms with Crippen LogP contribution in [0.3, 0.4) is 0 Å². The highest BCUT2D eigenvalue weighted by atomic mass is 16.1. The Labute approximate surface area is 92.8 Å². The van der Waals surface area contributed by atoms with Gasteiger partial charge < -0.3 is 11.1 Å². The van der Waals surface area contributed by atoms with Crippen molar-refractivity contribution in [3.05, 3.63) is 0 Å². The van der Waals surface area contributed by atoms with Crippen LogP contribution in [0.2, 0.25) is 0 Å². The molecule has 3 atom stereocenters. The summed E-state index contributed by atoms with van der Waals surface area (Å²) in [6, 6.07) is 0.413. The molecule has 0 heterocycles. The molecular formula is C12H24N2O. The number of hydrogen-bond donors (Lipinski definition) is 2. The van der Waals surface area contributed by atoms with E-state index >= 15 is 0 Å². The van der Waals surface area contributed by atoms with Crippen molar-refractivity contribution in [2.45, 2.75) is 64.5 Å². The van der Waals surface area contributed by atoms with E-state index in [0.717, 1.165) is 25.2 Å². The number of nitrogens with two attached hydrogens (primary N) is 1. The maximum absolute atomic E-state index is 11.6. The van der Waals surface area contributed by atoms with Gasteiger partial charge in [-0.15, -0.1) is 0 Å². The first-order valence-electron chi connectivity index (χ1n) is 6.16. The fourth-order valence-corrected chi connectivity index (χ4v) is 2.23. The van der Waals surface area contributed by atoms with Crippen molar-refractivity contribution in [2.75, 3.05) is 0 Å². The van der Waals surface area contributed by atoms with E-state index in [9.17, 15) is 4.79 Å². The summed E-state index contributed by atoms with van der Waals surface area (Å²) in [6.45, 7) is 4.27. The summed E-state index contributed by atoms with van der Waals surface area (Å²) in [4.78, 5) is 11.6. The molecule has 1 amide bonds. The second kappa shape index (κ2) is 6.11. The normalized spacial score (nSPS) is 28.5. The maximum Gasteiger partial charge on any atom is 0.221 e. The van der Waals surface area contributed by atoms with Crippen molar-refractivity contribution < 1.29 is 4.79 Å². The molecule has 0 aromatic heterocycles. The Balaban J connectivity index is 2.24. The van der Waals surface area contributed by atoms with E-state index in [0.29, 0.717) is 12.5 Å². The number of rotatable bonds is 4. The van der Waals surface area contributed by atoms with Crippen LogP contribution < -0.4 is 11.1 Å². The van der Waals surface area contributed by atoms with Crippen LogP contribution in [0, 0.1) is 5.92 Å². The third-order valence-corrected chi connectivity index (χ3v) is 3.27. The predicted molar refractivity (Wildman–Crippen MR) is 62.4 cm³/mol. The Morgan fingerprint density at radius 2 is 2.27 bits per heavy atom. The quantitative estimate of drug-likeness (QED) is 0.746. The Morgan fingerprint density at radius 3 is 2.87 bits per heavy atom. The van der Waals surface area contributed by atoms with Crippen LogP contribution in [0.5, 0.6) is 0 Å². The van der Waals surface area contributed by atoms with Crippen LogP contribution in [0.15, 0.2) is 0 Å². The molecule has 1 aliphatic carbocycles. The van der Waals surface area contributed by atoms with Gasteiger partial charge in [0.15, 0.2) is 0 Å². The van der Waals surface area contributed by atoms with E-state index in [1.807, 2.05) is 6.92 Å². The zero-order valence-electron chi connectivity index (χ0n) is 9.96. The first-order chi connectivity index (χ1) is 7.11. The molecule has 0 spiro atoms. The molecule has 1 saturated carbocycles. The number of carbonyl (C=O) groups is 1. The lowest BCUT2D eigenvalue weighted by Gasteiger charge is -2.27. The lowest BCUT2D eigenvalue weighted by atomic mass is 9.87. The second-order valence-electron chi connectivity index (χ2n) is 4.91. The van der Waals surface area contributed by atoms with Crippen LogP contribution in [-0.2, 0) is 4.79 Å². The average molecular weight is 212 g/mol. The van der Waals surface area contributed by atoms with Crippen molar-refractivity contribution in [3.8, 4) is 0 Å². The van der Waals surface area contributed by atoms with Crippen molar-refractivity contribution in [3.63, 3.8) is 0 Å². The van der Waals surface area contributed by atoms with Crippen molar-refractivity contribution in [1.29, 1.82) is 0 Å². The van der Waals surface area contributed by atoms with Crippen LogP contribution in [0.4, 0.5) is 0 Å². The molecule has 1 rings (SSSR count). The first-order valence-corrected chi connectivity index (χ1v) is 6.16. The molecule has 15 heavy (non-hydrogen) atoms. The summed E-state index contributed by atoms with van der Waals surface area (Å²) in [6.07, 6.45) is 6.16. The zero-order chi connectivity index (χ0) is 11.3. The molecular weight excluding hydrogens is 188 g/mol. The third-order valence-electron chi connectivity index (χ3n) is 3.27. The molecule has 1 aliphatic rings. The van der Waals surface area contributed by atoms with E-state index in [1.54, 1.807) is 0 Å². The van der Waals surface area contributed by atoms with Gasteiger partial charge >= 0.3 is 0 Å². The molecule has 3 heteroatoms.